The van der Waals surface area contributed by atoms with Gasteiger partial charge in [-0.15, -0.1) is 24.8 Å². The molecular formula is C19H31BrCl2N2O2. The van der Waals surface area contributed by atoms with Crippen molar-refractivity contribution < 1.29 is 9.84 Å². The summed E-state index contributed by atoms with van der Waals surface area (Å²) in [5, 5.41) is 13.7. The van der Waals surface area contributed by atoms with Crippen molar-refractivity contribution >= 4 is 40.7 Å². The minimum atomic E-state index is 0. The van der Waals surface area contributed by atoms with Crippen molar-refractivity contribution in [2.75, 3.05) is 32.8 Å². The van der Waals surface area contributed by atoms with Crippen LogP contribution in [0, 0.1) is 5.92 Å². The van der Waals surface area contributed by atoms with Crippen LogP contribution in [-0.2, 0) is 0 Å². The summed E-state index contributed by atoms with van der Waals surface area (Å²) in [6, 6.07) is 4.58. The van der Waals surface area contributed by atoms with E-state index in [1.54, 1.807) is 0 Å². The summed E-state index contributed by atoms with van der Waals surface area (Å²) in [7, 11) is 0. The molecule has 0 bridgehead atoms. The van der Waals surface area contributed by atoms with E-state index in [1.807, 2.05) is 6.92 Å². The lowest BCUT2D eigenvalue weighted by Crippen LogP contribution is -2.47. The molecule has 2 N–H and O–H groups in total. The quantitative estimate of drug-likeness (QED) is 0.642. The molecule has 1 aliphatic heterocycles. The number of phenolic OH excluding ortho intramolecular Hbond substituents is 1. The summed E-state index contributed by atoms with van der Waals surface area (Å²) in [6.07, 6.45) is 6.65. The Morgan fingerprint density at radius 1 is 1.19 bits per heavy atom. The summed E-state index contributed by atoms with van der Waals surface area (Å²) < 4.78 is 6.41. The van der Waals surface area contributed by atoms with E-state index < -0.39 is 0 Å². The number of hydrogen-bond donors (Lipinski definition) is 2. The van der Waals surface area contributed by atoms with Gasteiger partial charge in [0.1, 0.15) is 0 Å². The maximum atomic E-state index is 10.3. The molecule has 0 amide bonds. The molecule has 1 saturated heterocycles. The van der Waals surface area contributed by atoms with Crippen LogP contribution >= 0.6 is 40.7 Å². The van der Waals surface area contributed by atoms with Gasteiger partial charge in [-0.05, 0) is 59.3 Å². The highest BCUT2D eigenvalue weighted by Crippen LogP contribution is 2.43. The van der Waals surface area contributed by atoms with Gasteiger partial charge >= 0.3 is 0 Å². The highest BCUT2D eigenvalue weighted by Gasteiger charge is 2.32. The molecule has 1 aliphatic carbocycles. The van der Waals surface area contributed by atoms with Crippen LogP contribution in [-0.4, -0.2) is 42.8 Å². The molecule has 0 unspecified atom stereocenters. The molecule has 150 valence electrons. The van der Waals surface area contributed by atoms with E-state index in [0.29, 0.717) is 24.3 Å². The van der Waals surface area contributed by atoms with Crippen LogP contribution in [0.3, 0.4) is 0 Å². The third-order valence-electron chi connectivity index (χ3n) is 5.33. The predicted molar refractivity (Wildman–Crippen MR) is 115 cm³/mol. The van der Waals surface area contributed by atoms with Crippen molar-refractivity contribution in [1.82, 2.24) is 10.2 Å². The molecule has 0 radical (unpaired) electrons. The third-order valence-corrected chi connectivity index (χ3v) is 5.94. The van der Waals surface area contributed by atoms with Gasteiger partial charge in [0.25, 0.3) is 0 Å². The van der Waals surface area contributed by atoms with Gasteiger partial charge in [0.15, 0.2) is 11.5 Å². The van der Waals surface area contributed by atoms with Crippen molar-refractivity contribution in [2.24, 2.45) is 5.92 Å². The van der Waals surface area contributed by atoms with E-state index in [0.717, 1.165) is 30.7 Å². The third kappa shape index (κ3) is 5.65. The summed E-state index contributed by atoms with van der Waals surface area (Å²) >= 11 is 3.52. The Morgan fingerprint density at radius 3 is 2.46 bits per heavy atom. The first kappa shape index (κ1) is 23.8. The Kier molecular flexibility index (Phi) is 10.6. The fraction of sp³-hybridized carbons (Fsp3) is 0.684. The number of benzene rings is 1. The number of nitrogens with zero attached hydrogens (tertiary/aromatic N) is 1. The molecule has 0 aromatic heterocycles. The largest absolute Gasteiger partial charge is 0.503 e. The Hall–Kier alpha value is -0.200. The molecule has 1 aromatic carbocycles. The van der Waals surface area contributed by atoms with Gasteiger partial charge in [0.05, 0.1) is 11.1 Å². The van der Waals surface area contributed by atoms with Crippen molar-refractivity contribution in [1.29, 1.82) is 0 Å². The number of rotatable bonds is 5. The molecular weight excluding hydrogens is 439 g/mol. The number of halogens is 3. The lowest BCUT2D eigenvalue weighted by atomic mass is 9.80. The Bertz CT molecular complexity index is 533. The number of ether oxygens (including phenoxy) is 1. The molecule has 4 nitrogen and oxygen atoms in total. The summed E-state index contributed by atoms with van der Waals surface area (Å²) in [5.41, 5.74) is 1.27. The van der Waals surface area contributed by atoms with E-state index in [2.05, 4.69) is 38.3 Å². The molecule has 1 saturated carbocycles. The van der Waals surface area contributed by atoms with Gasteiger partial charge in [-0.25, -0.2) is 0 Å². The second kappa shape index (κ2) is 11.6. The molecule has 1 aromatic rings. The second-order valence-corrected chi connectivity index (χ2v) is 7.77. The van der Waals surface area contributed by atoms with Crippen molar-refractivity contribution in [3.8, 4) is 11.5 Å². The van der Waals surface area contributed by atoms with Crippen LogP contribution in [0.15, 0.2) is 16.6 Å². The van der Waals surface area contributed by atoms with Gasteiger partial charge in [-0.2, -0.15) is 0 Å². The normalized spacial score (nSPS) is 19.9. The van der Waals surface area contributed by atoms with Gasteiger partial charge < -0.3 is 15.2 Å². The molecule has 2 fully saturated rings. The van der Waals surface area contributed by atoms with Crippen LogP contribution in [0.2, 0.25) is 0 Å². The number of aromatic hydroxyl groups is 1. The average molecular weight is 470 g/mol. The molecule has 1 atom stereocenters. The van der Waals surface area contributed by atoms with Crippen LogP contribution in [0.5, 0.6) is 11.5 Å². The van der Waals surface area contributed by atoms with Gasteiger partial charge in [0.2, 0.25) is 0 Å². The van der Waals surface area contributed by atoms with Gasteiger partial charge in [-0.1, -0.05) is 19.3 Å². The monoisotopic (exact) mass is 468 g/mol. The summed E-state index contributed by atoms with van der Waals surface area (Å²) in [5.74, 6) is 1.50. The Labute approximate surface area is 178 Å². The van der Waals surface area contributed by atoms with Gasteiger partial charge in [-0.3, -0.25) is 4.90 Å². The van der Waals surface area contributed by atoms with Crippen LogP contribution in [0.25, 0.3) is 0 Å². The summed E-state index contributed by atoms with van der Waals surface area (Å²) in [4.78, 5) is 2.63. The number of phenols is 1. The topological polar surface area (TPSA) is 44.7 Å². The van der Waals surface area contributed by atoms with E-state index in [-0.39, 0.29) is 30.6 Å². The summed E-state index contributed by atoms with van der Waals surface area (Å²) in [6.45, 7) is 6.80. The first-order valence-corrected chi connectivity index (χ1v) is 10.1. The van der Waals surface area contributed by atoms with Crippen molar-refractivity contribution in [3.05, 3.63) is 22.2 Å². The fourth-order valence-corrected chi connectivity index (χ4v) is 4.68. The van der Waals surface area contributed by atoms with E-state index in [4.69, 9.17) is 4.74 Å². The Balaban J connectivity index is 0.00000169. The lowest BCUT2D eigenvalue weighted by Gasteiger charge is -2.41. The highest BCUT2D eigenvalue weighted by molar-refractivity contribution is 9.10. The van der Waals surface area contributed by atoms with E-state index >= 15 is 0 Å². The number of hydrogen-bond acceptors (Lipinski definition) is 4. The van der Waals surface area contributed by atoms with Crippen LogP contribution < -0.4 is 10.1 Å². The number of piperazine rings is 1. The molecule has 3 rings (SSSR count). The first-order valence-electron chi connectivity index (χ1n) is 9.30. The van der Waals surface area contributed by atoms with E-state index in [9.17, 15) is 5.11 Å². The van der Waals surface area contributed by atoms with Crippen LogP contribution in [0.1, 0.15) is 50.6 Å². The Morgan fingerprint density at radius 2 is 1.85 bits per heavy atom. The molecule has 7 heteroatoms. The molecule has 1 heterocycles. The van der Waals surface area contributed by atoms with E-state index in [1.165, 1.54) is 37.7 Å². The van der Waals surface area contributed by atoms with Crippen molar-refractivity contribution in [2.45, 2.75) is 45.1 Å². The first-order chi connectivity index (χ1) is 11.7. The average Bonchev–Trinajstić information content (AvgIpc) is 2.61. The molecule has 26 heavy (non-hydrogen) atoms. The second-order valence-electron chi connectivity index (χ2n) is 6.91. The minimum absolute atomic E-state index is 0. The number of nitrogens with one attached hydrogen (secondary N) is 1. The smallest absolute Gasteiger partial charge is 0.172 e. The van der Waals surface area contributed by atoms with Gasteiger partial charge in [0, 0.05) is 32.2 Å². The standard InChI is InChI=1S/C19H29BrN2O2.2ClH/c1-2-24-17-13-15(12-16(20)19(17)23)18(14-6-4-3-5-7-14)22-10-8-21-9-11-22;;/h12-14,18,21,23H,2-11H2,1H3;2*1H/t18-;;/m1../s1. The van der Waals surface area contributed by atoms with Crippen molar-refractivity contribution in [3.63, 3.8) is 0 Å². The fourth-order valence-electron chi connectivity index (χ4n) is 4.22. The minimum Gasteiger partial charge on any atom is -0.503 e. The van der Waals surface area contributed by atoms with Crippen LogP contribution in [0.4, 0.5) is 0 Å². The lowest BCUT2D eigenvalue weighted by molar-refractivity contribution is 0.103. The maximum Gasteiger partial charge on any atom is 0.172 e. The molecule has 0 spiro atoms. The zero-order chi connectivity index (χ0) is 16.9. The SMILES string of the molecule is CCOc1cc([C@@H](C2CCCCC2)N2CCNCC2)cc(Br)c1O.Cl.Cl. The maximum absolute atomic E-state index is 10.3. The zero-order valence-corrected chi connectivity index (χ0v) is 18.6. The molecule has 2 aliphatic rings. The zero-order valence-electron chi connectivity index (χ0n) is 15.4. The predicted octanol–water partition coefficient (Wildman–Crippen LogP) is 4.92. The highest BCUT2D eigenvalue weighted by atomic mass is 79.9.